The van der Waals surface area contributed by atoms with E-state index in [0.29, 0.717) is 37.0 Å². The van der Waals surface area contributed by atoms with Gasteiger partial charge in [0, 0.05) is 11.6 Å². The molecule has 4 aromatic rings. The molecule has 0 N–H and O–H groups in total. The first kappa shape index (κ1) is 21.0. The molecule has 8 heteroatoms. The molecule has 0 aliphatic carbocycles. The molecule has 0 fully saturated rings. The van der Waals surface area contributed by atoms with Crippen LogP contribution in [0.2, 0.25) is 0 Å². The second-order valence-electron chi connectivity index (χ2n) is 6.43. The Kier molecular flexibility index (Phi) is 5.65. The van der Waals surface area contributed by atoms with Crippen LogP contribution in [0.3, 0.4) is 0 Å². The fraction of sp³-hybridized carbons (Fsp3) is 0.0909. The monoisotopic (exact) mass is 549 g/mol. The van der Waals surface area contributed by atoms with Gasteiger partial charge in [0.25, 0.3) is 10.0 Å². The summed E-state index contributed by atoms with van der Waals surface area (Å²) in [5.74, 6) is 0.958. The summed E-state index contributed by atoms with van der Waals surface area (Å²) < 4.78 is 40.7. The minimum absolute atomic E-state index is 0.183. The zero-order chi connectivity index (χ0) is 21.5. The maximum atomic E-state index is 13.6. The van der Waals surface area contributed by atoms with Crippen LogP contribution in [0.25, 0.3) is 22.0 Å². The van der Waals surface area contributed by atoms with E-state index in [9.17, 15) is 8.42 Å². The fourth-order valence-corrected chi connectivity index (χ4v) is 6.69. The van der Waals surface area contributed by atoms with Gasteiger partial charge in [-0.15, -0.1) is 0 Å². The molecule has 0 bridgehead atoms. The number of halogens is 2. The molecule has 0 atom stereocenters. The Bertz CT molecular complexity index is 1330. The number of nitrogens with zero attached hydrogens (tertiary/aromatic N) is 1. The van der Waals surface area contributed by atoms with Gasteiger partial charge in [-0.25, -0.2) is 12.4 Å². The van der Waals surface area contributed by atoms with E-state index in [4.69, 9.17) is 9.47 Å². The highest BCUT2D eigenvalue weighted by Crippen LogP contribution is 2.49. The summed E-state index contributed by atoms with van der Waals surface area (Å²) in [7, 11) is -0.831. The molecule has 30 heavy (non-hydrogen) atoms. The summed E-state index contributed by atoms with van der Waals surface area (Å²) in [6, 6.07) is 19.6. The van der Waals surface area contributed by atoms with Crippen molar-refractivity contribution in [2.24, 2.45) is 0 Å². The average Bonchev–Trinajstić information content (AvgIpc) is 3.06. The Morgan fingerprint density at radius 3 is 2.03 bits per heavy atom. The third kappa shape index (κ3) is 3.23. The van der Waals surface area contributed by atoms with Crippen LogP contribution in [0, 0.1) is 0 Å². The molecule has 0 radical (unpaired) electrons. The van der Waals surface area contributed by atoms with Crippen LogP contribution >= 0.6 is 31.9 Å². The molecule has 0 unspecified atom stereocenters. The lowest BCUT2D eigenvalue weighted by Crippen LogP contribution is -2.13. The van der Waals surface area contributed by atoms with Gasteiger partial charge in [0.05, 0.1) is 30.0 Å². The van der Waals surface area contributed by atoms with Gasteiger partial charge < -0.3 is 9.47 Å². The minimum atomic E-state index is -3.90. The molecule has 1 aromatic heterocycles. The minimum Gasteiger partial charge on any atom is -0.495 e. The Balaban J connectivity index is 2.21. The van der Waals surface area contributed by atoms with Crippen molar-refractivity contribution >= 4 is 52.8 Å². The molecule has 0 spiro atoms. The van der Waals surface area contributed by atoms with Crippen molar-refractivity contribution < 1.29 is 17.9 Å². The molecule has 154 valence electrons. The van der Waals surface area contributed by atoms with Gasteiger partial charge in [0.1, 0.15) is 20.6 Å². The van der Waals surface area contributed by atoms with Crippen LogP contribution in [-0.2, 0) is 10.0 Å². The fourth-order valence-electron chi connectivity index (χ4n) is 3.45. The molecule has 0 saturated heterocycles. The highest BCUT2D eigenvalue weighted by atomic mass is 79.9. The molecule has 5 nitrogen and oxygen atoms in total. The lowest BCUT2D eigenvalue weighted by atomic mass is 10.0. The van der Waals surface area contributed by atoms with Crippen LogP contribution in [0.15, 0.2) is 80.7 Å². The van der Waals surface area contributed by atoms with Crippen molar-refractivity contribution in [3.8, 4) is 22.6 Å². The second kappa shape index (κ2) is 8.09. The van der Waals surface area contributed by atoms with Crippen molar-refractivity contribution in [1.29, 1.82) is 0 Å². The number of rotatable bonds is 5. The third-order valence-electron chi connectivity index (χ3n) is 4.79. The highest BCUT2D eigenvalue weighted by molar-refractivity contribution is 9.11. The summed E-state index contributed by atoms with van der Waals surface area (Å²) in [5.41, 5.74) is 2.01. The van der Waals surface area contributed by atoms with Gasteiger partial charge in [0.2, 0.25) is 0 Å². The molecular weight excluding hydrogens is 534 g/mol. The summed E-state index contributed by atoms with van der Waals surface area (Å²) in [5, 5.41) is 0.655. The topological polar surface area (TPSA) is 57.5 Å². The van der Waals surface area contributed by atoms with Crippen molar-refractivity contribution in [2.45, 2.75) is 4.90 Å². The van der Waals surface area contributed by atoms with E-state index in [1.807, 2.05) is 30.3 Å². The first-order valence-electron chi connectivity index (χ1n) is 8.92. The van der Waals surface area contributed by atoms with Gasteiger partial charge in [-0.05, 0) is 49.6 Å². The van der Waals surface area contributed by atoms with Crippen LogP contribution in [0.5, 0.6) is 11.5 Å². The van der Waals surface area contributed by atoms with Crippen LogP contribution in [-0.4, -0.2) is 26.6 Å². The van der Waals surface area contributed by atoms with E-state index in [-0.39, 0.29) is 4.90 Å². The number of hydrogen-bond acceptors (Lipinski definition) is 4. The molecule has 0 amide bonds. The molecule has 0 saturated carbocycles. The number of benzene rings is 3. The van der Waals surface area contributed by atoms with Gasteiger partial charge in [-0.3, -0.25) is 0 Å². The maximum Gasteiger partial charge on any atom is 0.269 e. The Hall–Kier alpha value is -2.29. The number of methoxy groups -OCH3 is 2. The summed E-state index contributed by atoms with van der Waals surface area (Å²) in [6.07, 6.45) is 0. The van der Waals surface area contributed by atoms with E-state index in [1.54, 1.807) is 43.5 Å². The quantitative estimate of drug-likeness (QED) is 0.302. The summed E-state index contributed by atoms with van der Waals surface area (Å²) >= 11 is 7.11. The van der Waals surface area contributed by atoms with Gasteiger partial charge in [-0.1, -0.05) is 48.5 Å². The standard InChI is InChI=1S/C22H17Br2NO4S/c1-28-17-13-16-19(21(29-2)20(17)23)18(14-9-5-3-6-10-14)22(24)25(16)30(26,27)15-11-7-4-8-12-15/h3-13H,1-2H3. The number of hydrogen-bond donors (Lipinski definition) is 0. The molecular formula is C22H17Br2NO4S. The average molecular weight is 551 g/mol. The van der Waals surface area contributed by atoms with E-state index in [2.05, 4.69) is 31.9 Å². The van der Waals surface area contributed by atoms with E-state index < -0.39 is 10.0 Å². The van der Waals surface area contributed by atoms with E-state index in [1.165, 1.54) is 11.1 Å². The number of fused-ring (bicyclic) bond motifs is 1. The zero-order valence-corrected chi connectivity index (χ0v) is 20.1. The van der Waals surface area contributed by atoms with Crippen molar-refractivity contribution in [3.05, 3.63) is 75.8 Å². The Labute approximate surface area is 191 Å². The SMILES string of the molecule is COc1cc2c(c(OC)c1Br)c(-c1ccccc1)c(Br)n2S(=O)(=O)c1ccccc1. The molecule has 3 aromatic carbocycles. The van der Waals surface area contributed by atoms with Crippen LogP contribution < -0.4 is 9.47 Å². The maximum absolute atomic E-state index is 13.6. The highest BCUT2D eigenvalue weighted by Gasteiger charge is 2.30. The Morgan fingerprint density at radius 1 is 0.867 bits per heavy atom. The predicted octanol–water partition coefficient (Wildman–Crippen LogP) is 6.09. The van der Waals surface area contributed by atoms with Crippen molar-refractivity contribution in [2.75, 3.05) is 14.2 Å². The lowest BCUT2D eigenvalue weighted by molar-refractivity contribution is 0.393. The zero-order valence-electron chi connectivity index (χ0n) is 16.1. The second-order valence-corrected chi connectivity index (χ2v) is 9.77. The summed E-state index contributed by atoms with van der Waals surface area (Å²) in [4.78, 5) is 0.183. The van der Waals surface area contributed by atoms with Crippen LogP contribution in [0.4, 0.5) is 0 Å². The number of aromatic nitrogens is 1. The summed E-state index contributed by atoms with van der Waals surface area (Å²) in [6.45, 7) is 0. The lowest BCUT2D eigenvalue weighted by Gasteiger charge is -2.13. The molecule has 1 heterocycles. The van der Waals surface area contributed by atoms with Gasteiger partial charge in [-0.2, -0.15) is 0 Å². The smallest absolute Gasteiger partial charge is 0.269 e. The third-order valence-corrected chi connectivity index (χ3v) is 8.25. The molecule has 4 rings (SSSR count). The van der Waals surface area contributed by atoms with Crippen molar-refractivity contribution in [3.63, 3.8) is 0 Å². The normalized spacial score (nSPS) is 11.6. The van der Waals surface area contributed by atoms with Gasteiger partial charge in [0.15, 0.2) is 0 Å². The van der Waals surface area contributed by atoms with Crippen LogP contribution in [0.1, 0.15) is 0 Å². The largest absolute Gasteiger partial charge is 0.495 e. The first-order chi connectivity index (χ1) is 14.4. The van der Waals surface area contributed by atoms with E-state index in [0.717, 1.165) is 5.56 Å². The molecule has 0 aliphatic rings. The van der Waals surface area contributed by atoms with Gasteiger partial charge >= 0.3 is 0 Å². The number of ether oxygens (including phenoxy) is 2. The predicted molar refractivity (Wildman–Crippen MR) is 125 cm³/mol. The molecule has 0 aliphatic heterocycles. The first-order valence-corrected chi connectivity index (χ1v) is 11.9. The van der Waals surface area contributed by atoms with E-state index >= 15 is 0 Å². The Morgan fingerprint density at radius 2 is 1.47 bits per heavy atom. The van der Waals surface area contributed by atoms with Crippen molar-refractivity contribution in [1.82, 2.24) is 3.97 Å².